The lowest BCUT2D eigenvalue weighted by Crippen LogP contribution is -2.18. The van der Waals surface area contributed by atoms with Gasteiger partial charge in [0.05, 0.1) is 10.5 Å². The van der Waals surface area contributed by atoms with Crippen molar-refractivity contribution in [1.29, 1.82) is 0 Å². The van der Waals surface area contributed by atoms with Crippen LogP contribution in [-0.2, 0) is 0 Å². The van der Waals surface area contributed by atoms with Crippen molar-refractivity contribution in [2.75, 3.05) is 7.05 Å². The van der Waals surface area contributed by atoms with Crippen molar-refractivity contribution in [3.63, 3.8) is 0 Å². The zero-order chi connectivity index (χ0) is 12.3. The summed E-state index contributed by atoms with van der Waals surface area (Å²) in [6, 6.07) is 4.89. The van der Waals surface area contributed by atoms with E-state index in [-0.39, 0.29) is 11.9 Å². The quantitative estimate of drug-likeness (QED) is 0.946. The average molecular weight is 296 g/mol. The van der Waals surface area contributed by atoms with Gasteiger partial charge in [0.15, 0.2) is 0 Å². The standard InChI is InChI=1S/C12H11BrFN3/c1-15-12(9-5-16-7-17-6-9)8-2-3-11(14)10(13)4-8/h2-7,12,15H,1H3. The SMILES string of the molecule is CNC(c1cncnc1)c1ccc(F)c(Br)c1. The highest BCUT2D eigenvalue weighted by molar-refractivity contribution is 9.10. The van der Waals surface area contributed by atoms with Crippen molar-refractivity contribution in [2.24, 2.45) is 0 Å². The largest absolute Gasteiger partial charge is 0.309 e. The first kappa shape index (κ1) is 12.1. The van der Waals surface area contributed by atoms with Crippen molar-refractivity contribution in [3.05, 3.63) is 58.3 Å². The summed E-state index contributed by atoms with van der Waals surface area (Å²) < 4.78 is 13.6. The van der Waals surface area contributed by atoms with E-state index in [0.717, 1.165) is 11.1 Å². The van der Waals surface area contributed by atoms with E-state index in [1.807, 2.05) is 7.05 Å². The van der Waals surface area contributed by atoms with Crippen molar-refractivity contribution in [3.8, 4) is 0 Å². The highest BCUT2D eigenvalue weighted by atomic mass is 79.9. The highest BCUT2D eigenvalue weighted by Crippen LogP contribution is 2.25. The maximum absolute atomic E-state index is 13.2. The fraction of sp³-hybridized carbons (Fsp3) is 0.167. The number of rotatable bonds is 3. The normalized spacial score (nSPS) is 12.4. The summed E-state index contributed by atoms with van der Waals surface area (Å²) in [4.78, 5) is 7.96. The van der Waals surface area contributed by atoms with E-state index in [0.29, 0.717) is 4.47 Å². The maximum atomic E-state index is 13.2. The third-order valence-electron chi connectivity index (χ3n) is 2.48. The van der Waals surface area contributed by atoms with Crippen LogP contribution in [0.2, 0.25) is 0 Å². The molecular weight excluding hydrogens is 285 g/mol. The molecule has 1 heterocycles. The summed E-state index contributed by atoms with van der Waals surface area (Å²) in [6.45, 7) is 0. The van der Waals surface area contributed by atoms with Gasteiger partial charge in [0.2, 0.25) is 0 Å². The van der Waals surface area contributed by atoms with Crippen LogP contribution in [0.3, 0.4) is 0 Å². The van der Waals surface area contributed by atoms with E-state index in [1.54, 1.807) is 24.5 Å². The topological polar surface area (TPSA) is 37.8 Å². The Morgan fingerprint density at radius 3 is 2.53 bits per heavy atom. The molecule has 0 fully saturated rings. The van der Waals surface area contributed by atoms with Crippen molar-refractivity contribution >= 4 is 15.9 Å². The summed E-state index contributed by atoms with van der Waals surface area (Å²) in [7, 11) is 1.84. The van der Waals surface area contributed by atoms with Gasteiger partial charge in [-0.05, 0) is 40.7 Å². The summed E-state index contributed by atoms with van der Waals surface area (Å²) in [5.74, 6) is -0.270. The van der Waals surface area contributed by atoms with Gasteiger partial charge in [0, 0.05) is 18.0 Å². The smallest absolute Gasteiger partial charge is 0.137 e. The van der Waals surface area contributed by atoms with Gasteiger partial charge < -0.3 is 5.32 Å². The maximum Gasteiger partial charge on any atom is 0.137 e. The van der Waals surface area contributed by atoms with Crippen LogP contribution in [0.4, 0.5) is 4.39 Å². The minimum Gasteiger partial charge on any atom is -0.309 e. The van der Waals surface area contributed by atoms with E-state index in [9.17, 15) is 4.39 Å². The molecule has 3 nitrogen and oxygen atoms in total. The molecular formula is C12H11BrFN3. The number of hydrogen-bond donors (Lipinski definition) is 1. The summed E-state index contributed by atoms with van der Waals surface area (Å²) >= 11 is 3.18. The monoisotopic (exact) mass is 295 g/mol. The molecule has 0 radical (unpaired) electrons. The van der Waals surface area contributed by atoms with Crippen LogP contribution in [0.25, 0.3) is 0 Å². The van der Waals surface area contributed by atoms with Gasteiger partial charge in [-0.25, -0.2) is 14.4 Å². The first-order valence-corrected chi connectivity index (χ1v) is 5.89. The molecule has 1 atom stereocenters. The molecule has 0 saturated carbocycles. The fourth-order valence-electron chi connectivity index (χ4n) is 1.68. The van der Waals surface area contributed by atoms with Crippen LogP contribution in [0.15, 0.2) is 41.4 Å². The Morgan fingerprint density at radius 1 is 1.24 bits per heavy atom. The van der Waals surface area contributed by atoms with E-state index in [2.05, 4.69) is 31.2 Å². The van der Waals surface area contributed by atoms with Crippen LogP contribution >= 0.6 is 15.9 Å². The second-order valence-corrected chi connectivity index (χ2v) is 4.42. The van der Waals surface area contributed by atoms with Crippen molar-refractivity contribution in [2.45, 2.75) is 6.04 Å². The third-order valence-corrected chi connectivity index (χ3v) is 3.09. The molecule has 2 rings (SSSR count). The molecule has 0 aliphatic rings. The minimum absolute atomic E-state index is 0.0481. The lowest BCUT2D eigenvalue weighted by Gasteiger charge is -2.16. The van der Waals surface area contributed by atoms with Crippen LogP contribution in [-0.4, -0.2) is 17.0 Å². The van der Waals surface area contributed by atoms with Gasteiger partial charge in [0.1, 0.15) is 12.1 Å². The first-order chi connectivity index (χ1) is 8.22. The predicted octanol–water partition coefficient (Wildman–Crippen LogP) is 2.69. The second-order valence-electron chi connectivity index (χ2n) is 3.57. The molecule has 1 aromatic carbocycles. The van der Waals surface area contributed by atoms with Gasteiger partial charge in [-0.15, -0.1) is 0 Å². The fourth-order valence-corrected chi connectivity index (χ4v) is 2.07. The number of nitrogens with zero attached hydrogens (tertiary/aromatic N) is 2. The number of benzene rings is 1. The summed E-state index contributed by atoms with van der Waals surface area (Å²) in [5.41, 5.74) is 1.89. The molecule has 0 aliphatic carbocycles. The Hall–Kier alpha value is -1.33. The molecule has 88 valence electrons. The molecule has 17 heavy (non-hydrogen) atoms. The lowest BCUT2D eigenvalue weighted by molar-refractivity contribution is 0.616. The molecule has 0 saturated heterocycles. The third kappa shape index (κ3) is 2.68. The lowest BCUT2D eigenvalue weighted by atomic mass is 10.0. The molecule has 0 bridgehead atoms. The van der Waals surface area contributed by atoms with E-state index in [4.69, 9.17) is 0 Å². The van der Waals surface area contributed by atoms with Crippen LogP contribution < -0.4 is 5.32 Å². The Kier molecular flexibility index (Phi) is 3.81. The zero-order valence-electron chi connectivity index (χ0n) is 9.19. The molecule has 1 unspecified atom stereocenters. The second kappa shape index (κ2) is 5.33. The Labute approximate surface area is 107 Å². The molecule has 0 amide bonds. The summed E-state index contributed by atoms with van der Waals surface area (Å²) in [6.07, 6.45) is 4.97. The van der Waals surface area contributed by atoms with E-state index in [1.165, 1.54) is 12.4 Å². The number of aromatic nitrogens is 2. The minimum atomic E-state index is -0.270. The van der Waals surface area contributed by atoms with E-state index >= 15 is 0 Å². The van der Waals surface area contributed by atoms with Crippen LogP contribution in [0.1, 0.15) is 17.2 Å². The number of hydrogen-bond acceptors (Lipinski definition) is 3. The van der Waals surface area contributed by atoms with E-state index < -0.39 is 0 Å². The molecule has 2 aromatic rings. The molecule has 0 aliphatic heterocycles. The average Bonchev–Trinajstić information content (AvgIpc) is 2.36. The van der Waals surface area contributed by atoms with Gasteiger partial charge in [-0.3, -0.25) is 0 Å². The van der Waals surface area contributed by atoms with Crippen LogP contribution in [0.5, 0.6) is 0 Å². The number of halogens is 2. The van der Waals surface area contributed by atoms with Gasteiger partial charge in [-0.1, -0.05) is 6.07 Å². The molecule has 1 N–H and O–H groups in total. The molecule has 0 spiro atoms. The van der Waals surface area contributed by atoms with Crippen molar-refractivity contribution in [1.82, 2.24) is 15.3 Å². The van der Waals surface area contributed by atoms with Gasteiger partial charge in [0.25, 0.3) is 0 Å². The first-order valence-electron chi connectivity index (χ1n) is 5.09. The molecule has 5 heteroatoms. The van der Waals surface area contributed by atoms with Crippen molar-refractivity contribution < 1.29 is 4.39 Å². The summed E-state index contributed by atoms with van der Waals surface area (Å²) in [5, 5.41) is 3.16. The highest BCUT2D eigenvalue weighted by Gasteiger charge is 2.13. The number of nitrogens with one attached hydrogen (secondary N) is 1. The predicted molar refractivity (Wildman–Crippen MR) is 67.0 cm³/mol. The van der Waals surface area contributed by atoms with Crippen LogP contribution in [0, 0.1) is 5.82 Å². The Bertz CT molecular complexity index is 504. The molecule has 1 aromatic heterocycles. The Morgan fingerprint density at radius 2 is 1.94 bits per heavy atom. The van der Waals surface area contributed by atoms with Gasteiger partial charge in [-0.2, -0.15) is 0 Å². The zero-order valence-corrected chi connectivity index (χ0v) is 10.8. The van der Waals surface area contributed by atoms with Gasteiger partial charge >= 0.3 is 0 Å². The Balaban J connectivity index is 2.39.